The first-order chi connectivity index (χ1) is 11.7. The van der Waals surface area contributed by atoms with Crippen LogP contribution in [0.2, 0.25) is 0 Å². The van der Waals surface area contributed by atoms with Crippen molar-refractivity contribution in [1.29, 1.82) is 0 Å². The van der Waals surface area contributed by atoms with Gasteiger partial charge in [-0.1, -0.05) is 33.6 Å². The van der Waals surface area contributed by atoms with E-state index in [1.54, 1.807) is 7.11 Å². The van der Waals surface area contributed by atoms with Crippen LogP contribution < -0.4 is 4.74 Å². The predicted molar refractivity (Wildman–Crippen MR) is 96.8 cm³/mol. The Morgan fingerprint density at radius 1 is 1.21 bits per heavy atom. The molecule has 0 radical (unpaired) electrons. The van der Waals surface area contributed by atoms with E-state index in [1.807, 2.05) is 34.6 Å². The van der Waals surface area contributed by atoms with Crippen molar-refractivity contribution >= 4 is 11.6 Å². The number of ether oxygens (including phenoxy) is 1. The van der Waals surface area contributed by atoms with Gasteiger partial charge in [0.2, 0.25) is 0 Å². The highest BCUT2D eigenvalue weighted by atomic mass is 16.5. The molecule has 5 heteroatoms. The number of nitrogens with zero attached hydrogens (tertiary/aromatic N) is 3. The number of pyridine rings is 1. The number of amides is 1. The minimum Gasteiger partial charge on any atom is -0.493 e. The van der Waals surface area contributed by atoms with Gasteiger partial charge >= 0.3 is 0 Å². The Kier molecular flexibility index (Phi) is 6.64. The maximum Gasteiger partial charge on any atom is 0.272 e. The molecule has 5 nitrogen and oxygen atoms in total. The van der Waals surface area contributed by atoms with E-state index in [0.717, 1.165) is 50.9 Å². The van der Waals surface area contributed by atoms with E-state index < -0.39 is 0 Å². The summed E-state index contributed by atoms with van der Waals surface area (Å²) in [7, 11) is 1.63. The molecule has 2 aromatic rings. The van der Waals surface area contributed by atoms with Crippen LogP contribution in [0.25, 0.3) is 5.65 Å². The lowest BCUT2D eigenvalue weighted by Gasteiger charge is -2.22. The van der Waals surface area contributed by atoms with Gasteiger partial charge in [0, 0.05) is 19.3 Å². The van der Waals surface area contributed by atoms with E-state index in [0.29, 0.717) is 17.1 Å². The summed E-state index contributed by atoms with van der Waals surface area (Å²) in [5.41, 5.74) is 2.23. The van der Waals surface area contributed by atoms with Crippen LogP contribution in [0.1, 0.15) is 62.6 Å². The van der Waals surface area contributed by atoms with E-state index in [1.165, 1.54) is 0 Å². The second-order valence-corrected chi connectivity index (χ2v) is 6.03. The topological polar surface area (TPSA) is 46.8 Å². The third kappa shape index (κ3) is 3.71. The molecular formula is C19H29N3O2. The summed E-state index contributed by atoms with van der Waals surface area (Å²) in [5, 5.41) is 0. The minimum absolute atomic E-state index is 0.0782. The molecule has 1 amide bonds. The average Bonchev–Trinajstić information content (AvgIpc) is 2.99. The number of hydrogen-bond donors (Lipinski definition) is 0. The van der Waals surface area contributed by atoms with Crippen molar-refractivity contribution in [1.82, 2.24) is 14.3 Å². The van der Waals surface area contributed by atoms with Crippen LogP contribution in [0.4, 0.5) is 0 Å². The molecule has 0 atom stereocenters. The van der Waals surface area contributed by atoms with Crippen molar-refractivity contribution in [2.24, 2.45) is 0 Å². The molecule has 24 heavy (non-hydrogen) atoms. The fraction of sp³-hybridized carbons (Fsp3) is 0.579. The van der Waals surface area contributed by atoms with Crippen LogP contribution in [0.5, 0.6) is 5.75 Å². The number of carbonyl (C=O) groups excluding carboxylic acids is 1. The first kappa shape index (κ1) is 18.3. The number of hydrogen-bond acceptors (Lipinski definition) is 3. The molecule has 0 spiro atoms. The number of imidazole rings is 1. The number of methoxy groups -OCH3 is 1. The maximum absolute atomic E-state index is 13.2. The number of unbranched alkanes of at least 4 members (excludes halogenated alkanes) is 2. The lowest BCUT2D eigenvalue weighted by molar-refractivity contribution is 0.0743. The molecule has 0 aliphatic rings. The minimum atomic E-state index is 0.0782. The van der Waals surface area contributed by atoms with Crippen molar-refractivity contribution in [3.63, 3.8) is 0 Å². The molecule has 132 valence electrons. The van der Waals surface area contributed by atoms with Gasteiger partial charge in [-0.15, -0.1) is 0 Å². The fourth-order valence-corrected chi connectivity index (χ4v) is 2.88. The molecule has 2 rings (SSSR count). The largest absolute Gasteiger partial charge is 0.493 e. The third-order valence-corrected chi connectivity index (χ3v) is 4.29. The van der Waals surface area contributed by atoms with Crippen LogP contribution >= 0.6 is 0 Å². The highest BCUT2D eigenvalue weighted by Gasteiger charge is 2.24. The molecule has 0 fully saturated rings. The van der Waals surface area contributed by atoms with Crippen LogP contribution in [0, 0.1) is 0 Å². The smallest absolute Gasteiger partial charge is 0.272 e. The zero-order valence-corrected chi connectivity index (χ0v) is 15.3. The quantitative estimate of drug-likeness (QED) is 0.699. The summed E-state index contributed by atoms with van der Waals surface area (Å²) in [4.78, 5) is 19.9. The maximum atomic E-state index is 13.2. The Morgan fingerprint density at radius 3 is 2.42 bits per heavy atom. The molecule has 0 aliphatic carbocycles. The van der Waals surface area contributed by atoms with Gasteiger partial charge in [0.25, 0.3) is 5.91 Å². The molecule has 0 aliphatic heterocycles. The number of rotatable bonds is 9. The highest BCUT2D eigenvalue weighted by Crippen LogP contribution is 2.23. The zero-order chi connectivity index (χ0) is 17.5. The van der Waals surface area contributed by atoms with Crippen molar-refractivity contribution in [2.75, 3.05) is 20.2 Å². The number of fused-ring (bicyclic) bond motifs is 1. The predicted octanol–water partition coefficient (Wildman–Crippen LogP) is 3.95. The molecular weight excluding hydrogens is 302 g/mol. The van der Waals surface area contributed by atoms with Crippen molar-refractivity contribution < 1.29 is 9.53 Å². The number of aryl methyl sites for hydroxylation is 1. The van der Waals surface area contributed by atoms with Gasteiger partial charge in [0.1, 0.15) is 5.69 Å². The summed E-state index contributed by atoms with van der Waals surface area (Å²) >= 11 is 0. The second-order valence-electron chi connectivity index (χ2n) is 6.03. The van der Waals surface area contributed by atoms with Gasteiger partial charge in [-0.05, 0) is 31.4 Å². The molecule has 0 N–H and O–H groups in total. The molecule has 0 unspecified atom stereocenters. The Balaban J connectivity index is 2.45. The Morgan fingerprint density at radius 2 is 1.88 bits per heavy atom. The lowest BCUT2D eigenvalue weighted by Crippen LogP contribution is -2.34. The molecule has 0 saturated carbocycles. The van der Waals surface area contributed by atoms with Gasteiger partial charge in [-0.3, -0.25) is 9.20 Å². The van der Waals surface area contributed by atoms with E-state index >= 15 is 0 Å². The van der Waals surface area contributed by atoms with Gasteiger partial charge in [-0.2, -0.15) is 0 Å². The first-order valence-corrected chi connectivity index (χ1v) is 9.01. The van der Waals surface area contributed by atoms with Gasteiger partial charge in [-0.25, -0.2) is 4.98 Å². The summed E-state index contributed by atoms with van der Waals surface area (Å²) in [5.74, 6) is 0.773. The Bertz CT molecular complexity index is 671. The standard InChI is InChI=1S/C19H29N3O2/c1-5-8-12-21(13-9-6-2)19(23)17-15(7-3)20-18-16(24-4)11-10-14-22(17)18/h10-11,14H,5-9,12-13H2,1-4H3. The van der Waals surface area contributed by atoms with Crippen LogP contribution in [-0.2, 0) is 6.42 Å². The van der Waals surface area contributed by atoms with Gasteiger partial charge in [0.15, 0.2) is 11.4 Å². The summed E-state index contributed by atoms with van der Waals surface area (Å²) in [6.07, 6.45) is 6.83. The SMILES string of the molecule is CCCCN(CCCC)C(=O)c1c(CC)nc2c(OC)cccn12. The molecule has 0 aromatic carbocycles. The average molecular weight is 331 g/mol. The van der Waals surface area contributed by atoms with E-state index in [-0.39, 0.29) is 5.91 Å². The Labute approximate surface area is 144 Å². The Hall–Kier alpha value is -2.04. The highest BCUT2D eigenvalue weighted by molar-refractivity contribution is 5.95. The summed E-state index contributed by atoms with van der Waals surface area (Å²) < 4.78 is 7.28. The first-order valence-electron chi connectivity index (χ1n) is 9.01. The zero-order valence-electron chi connectivity index (χ0n) is 15.3. The number of aromatic nitrogens is 2. The van der Waals surface area contributed by atoms with Gasteiger partial charge < -0.3 is 9.64 Å². The third-order valence-electron chi connectivity index (χ3n) is 4.29. The van der Waals surface area contributed by atoms with E-state index in [4.69, 9.17) is 4.74 Å². The van der Waals surface area contributed by atoms with Crippen LogP contribution in [0.3, 0.4) is 0 Å². The lowest BCUT2D eigenvalue weighted by atomic mass is 10.2. The summed E-state index contributed by atoms with van der Waals surface area (Å²) in [6.45, 7) is 7.94. The molecule has 0 bridgehead atoms. The number of carbonyl (C=O) groups is 1. The van der Waals surface area contributed by atoms with Crippen molar-refractivity contribution in [3.05, 3.63) is 29.7 Å². The van der Waals surface area contributed by atoms with Crippen LogP contribution in [0.15, 0.2) is 18.3 Å². The van der Waals surface area contributed by atoms with Crippen LogP contribution in [-0.4, -0.2) is 40.4 Å². The van der Waals surface area contributed by atoms with E-state index in [2.05, 4.69) is 18.8 Å². The summed E-state index contributed by atoms with van der Waals surface area (Å²) in [6, 6.07) is 3.77. The fourth-order valence-electron chi connectivity index (χ4n) is 2.88. The second kappa shape index (κ2) is 8.71. The molecule has 2 aromatic heterocycles. The van der Waals surface area contributed by atoms with Crippen molar-refractivity contribution in [3.8, 4) is 5.75 Å². The monoisotopic (exact) mass is 331 g/mol. The normalized spacial score (nSPS) is 11.0. The molecule has 0 saturated heterocycles. The molecule has 2 heterocycles. The van der Waals surface area contributed by atoms with Gasteiger partial charge in [0.05, 0.1) is 12.8 Å². The van der Waals surface area contributed by atoms with Crippen molar-refractivity contribution in [2.45, 2.75) is 52.9 Å². The van der Waals surface area contributed by atoms with E-state index in [9.17, 15) is 4.79 Å².